The number of nitrogens with one attached hydrogen (secondary N) is 1. The van der Waals surface area contributed by atoms with Gasteiger partial charge in [-0.3, -0.25) is 4.31 Å². The molecule has 0 radical (unpaired) electrons. The molecule has 21 heavy (non-hydrogen) atoms. The predicted octanol–water partition coefficient (Wildman–Crippen LogP) is 3.44. The first-order valence-corrected chi connectivity index (χ1v) is 8.88. The zero-order valence-electron chi connectivity index (χ0n) is 12.4. The van der Waals surface area contributed by atoms with E-state index >= 15 is 0 Å². The highest BCUT2D eigenvalue weighted by Crippen LogP contribution is 2.33. The van der Waals surface area contributed by atoms with Gasteiger partial charge in [0, 0.05) is 23.5 Å². The Balaban J connectivity index is 1.77. The van der Waals surface area contributed by atoms with Gasteiger partial charge in [-0.25, -0.2) is 4.98 Å². The van der Waals surface area contributed by atoms with Crippen molar-refractivity contribution in [2.45, 2.75) is 30.2 Å². The van der Waals surface area contributed by atoms with Crippen molar-refractivity contribution in [3.8, 4) is 0 Å². The number of fused-ring (bicyclic) bond motifs is 1. The largest absolute Gasteiger partial charge is 0.396 e. The van der Waals surface area contributed by atoms with Gasteiger partial charge in [0.1, 0.15) is 0 Å². The standard InChI is InChI=1S/C15H21N3OS2/c1-18(2)21-11-6-7-13-14(8-11)20-15(17-13)16-12-5-3-4-10(12)9-19/h6-8,10,12,19H,3-5,9H2,1-2H3,(H,16,17). The van der Waals surface area contributed by atoms with Gasteiger partial charge in [-0.2, -0.15) is 0 Å². The molecule has 1 saturated carbocycles. The first-order chi connectivity index (χ1) is 10.2. The summed E-state index contributed by atoms with van der Waals surface area (Å²) in [4.78, 5) is 5.90. The molecule has 3 rings (SSSR count). The molecular formula is C15H21N3OS2. The molecule has 6 heteroatoms. The maximum Gasteiger partial charge on any atom is 0.184 e. The van der Waals surface area contributed by atoms with E-state index in [2.05, 4.69) is 32.8 Å². The Kier molecular flexibility index (Phi) is 4.69. The molecule has 0 amide bonds. The molecule has 0 saturated heterocycles. The summed E-state index contributed by atoms with van der Waals surface area (Å²) in [5.74, 6) is 0.372. The third kappa shape index (κ3) is 3.51. The van der Waals surface area contributed by atoms with Gasteiger partial charge in [0.05, 0.1) is 10.2 Å². The minimum Gasteiger partial charge on any atom is -0.396 e. The van der Waals surface area contributed by atoms with Crippen LogP contribution in [-0.4, -0.2) is 41.1 Å². The molecule has 0 bridgehead atoms. The van der Waals surface area contributed by atoms with Crippen molar-refractivity contribution in [2.75, 3.05) is 26.0 Å². The molecule has 2 unspecified atom stereocenters. The SMILES string of the molecule is CN(C)Sc1ccc2nc(NC3CCCC3CO)sc2c1. The third-order valence-electron chi connectivity index (χ3n) is 3.85. The Labute approximate surface area is 133 Å². The second-order valence-electron chi connectivity index (χ2n) is 5.68. The van der Waals surface area contributed by atoms with Crippen LogP contribution >= 0.6 is 23.3 Å². The van der Waals surface area contributed by atoms with Crippen molar-refractivity contribution >= 4 is 38.6 Å². The van der Waals surface area contributed by atoms with Gasteiger partial charge in [0.2, 0.25) is 0 Å². The van der Waals surface area contributed by atoms with Gasteiger partial charge in [-0.1, -0.05) is 17.8 Å². The maximum absolute atomic E-state index is 9.41. The van der Waals surface area contributed by atoms with Crippen LogP contribution in [0, 0.1) is 5.92 Å². The number of nitrogens with zero attached hydrogens (tertiary/aromatic N) is 2. The summed E-state index contributed by atoms with van der Waals surface area (Å²) in [6.45, 7) is 0.270. The van der Waals surface area contributed by atoms with Gasteiger partial charge in [0.15, 0.2) is 5.13 Å². The highest BCUT2D eigenvalue weighted by molar-refractivity contribution is 7.97. The lowest BCUT2D eigenvalue weighted by Crippen LogP contribution is -2.26. The fourth-order valence-electron chi connectivity index (χ4n) is 2.84. The Morgan fingerprint density at radius 3 is 3.05 bits per heavy atom. The normalized spacial score (nSPS) is 22.3. The van der Waals surface area contributed by atoms with Crippen LogP contribution < -0.4 is 5.32 Å². The molecule has 1 aromatic carbocycles. The average Bonchev–Trinajstić information content (AvgIpc) is 3.03. The first-order valence-electron chi connectivity index (χ1n) is 7.29. The molecule has 1 aromatic heterocycles. The van der Waals surface area contributed by atoms with Crippen LogP contribution in [-0.2, 0) is 0 Å². The van der Waals surface area contributed by atoms with Crippen LogP contribution in [0.25, 0.3) is 10.2 Å². The zero-order chi connectivity index (χ0) is 14.8. The summed E-state index contributed by atoms with van der Waals surface area (Å²) < 4.78 is 3.30. The number of aromatic nitrogens is 1. The van der Waals surface area contributed by atoms with E-state index in [4.69, 9.17) is 0 Å². The zero-order valence-corrected chi connectivity index (χ0v) is 14.0. The summed E-state index contributed by atoms with van der Waals surface area (Å²) in [6.07, 6.45) is 3.43. The molecular weight excluding hydrogens is 302 g/mol. The fraction of sp³-hybridized carbons (Fsp3) is 0.533. The van der Waals surface area contributed by atoms with Gasteiger partial charge in [-0.05, 0) is 57.1 Å². The molecule has 1 aliphatic rings. The second-order valence-corrected chi connectivity index (χ2v) is 8.09. The van der Waals surface area contributed by atoms with E-state index < -0.39 is 0 Å². The molecule has 1 fully saturated rings. The van der Waals surface area contributed by atoms with Gasteiger partial charge < -0.3 is 10.4 Å². The first kappa shape index (κ1) is 15.1. The van der Waals surface area contributed by atoms with Gasteiger partial charge in [-0.15, -0.1) is 0 Å². The minimum atomic E-state index is 0.270. The number of hydrogen-bond acceptors (Lipinski definition) is 6. The van der Waals surface area contributed by atoms with Crippen LogP contribution in [0.1, 0.15) is 19.3 Å². The highest BCUT2D eigenvalue weighted by atomic mass is 32.2. The smallest absolute Gasteiger partial charge is 0.184 e. The topological polar surface area (TPSA) is 48.4 Å². The number of aliphatic hydroxyl groups is 1. The predicted molar refractivity (Wildman–Crippen MR) is 91.0 cm³/mol. The monoisotopic (exact) mass is 323 g/mol. The Bertz CT molecular complexity index is 614. The summed E-state index contributed by atoms with van der Waals surface area (Å²) in [5, 5.41) is 13.9. The van der Waals surface area contributed by atoms with E-state index in [9.17, 15) is 5.11 Å². The molecule has 0 spiro atoms. The molecule has 2 aromatic rings. The van der Waals surface area contributed by atoms with Gasteiger partial charge >= 0.3 is 0 Å². The summed E-state index contributed by atoms with van der Waals surface area (Å²) >= 11 is 3.42. The van der Waals surface area contributed by atoms with Crippen LogP contribution in [0.3, 0.4) is 0 Å². The van der Waals surface area contributed by atoms with Crippen LogP contribution in [0.4, 0.5) is 5.13 Å². The van der Waals surface area contributed by atoms with Crippen molar-refractivity contribution in [2.24, 2.45) is 5.92 Å². The minimum absolute atomic E-state index is 0.270. The van der Waals surface area contributed by atoms with E-state index in [1.165, 1.54) is 16.0 Å². The lowest BCUT2D eigenvalue weighted by atomic mass is 10.1. The Morgan fingerprint density at radius 1 is 1.43 bits per heavy atom. The van der Waals surface area contributed by atoms with Crippen LogP contribution in [0.2, 0.25) is 0 Å². The van der Waals surface area contributed by atoms with E-state index in [0.29, 0.717) is 12.0 Å². The summed E-state index contributed by atoms with van der Waals surface area (Å²) in [5.41, 5.74) is 1.05. The lowest BCUT2D eigenvalue weighted by molar-refractivity contribution is 0.222. The second kappa shape index (κ2) is 6.52. The quantitative estimate of drug-likeness (QED) is 0.826. The third-order valence-corrected chi connectivity index (χ3v) is 5.63. The van der Waals surface area contributed by atoms with Crippen LogP contribution in [0.5, 0.6) is 0 Å². The van der Waals surface area contributed by atoms with Crippen molar-refractivity contribution in [3.63, 3.8) is 0 Å². The van der Waals surface area contributed by atoms with Crippen molar-refractivity contribution in [1.29, 1.82) is 0 Å². The van der Waals surface area contributed by atoms with Crippen LogP contribution in [0.15, 0.2) is 23.1 Å². The number of thiazole rings is 1. The number of anilines is 1. The molecule has 2 N–H and O–H groups in total. The number of benzene rings is 1. The summed E-state index contributed by atoms with van der Waals surface area (Å²) in [7, 11) is 4.09. The summed E-state index contributed by atoms with van der Waals surface area (Å²) in [6, 6.07) is 6.76. The molecule has 1 aliphatic carbocycles. The molecule has 2 atom stereocenters. The molecule has 4 nitrogen and oxygen atoms in total. The van der Waals surface area contributed by atoms with Gasteiger partial charge in [0.25, 0.3) is 0 Å². The van der Waals surface area contributed by atoms with Crippen molar-refractivity contribution < 1.29 is 5.11 Å². The van der Waals surface area contributed by atoms with Crippen molar-refractivity contribution in [3.05, 3.63) is 18.2 Å². The van der Waals surface area contributed by atoms with E-state index in [0.717, 1.165) is 23.5 Å². The van der Waals surface area contributed by atoms with Crippen molar-refractivity contribution in [1.82, 2.24) is 9.29 Å². The molecule has 1 heterocycles. The Hall–Kier alpha value is -0.820. The van der Waals surface area contributed by atoms with E-state index in [1.54, 1.807) is 23.3 Å². The average molecular weight is 323 g/mol. The lowest BCUT2D eigenvalue weighted by Gasteiger charge is -2.17. The molecule has 114 valence electrons. The Morgan fingerprint density at radius 2 is 2.29 bits per heavy atom. The van der Waals surface area contributed by atoms with E-state index in [1.807, 2.05) is 14.1 Å². The fourth-order valence-corrected chi connectivity index (χ4v) is 4.60. The molecule has 0 aliphatic heterocycles. The van der Waals surface area contributed by atoms with E-state index in [-0.39, 0.29) is 6.61 Å². The maximum atomic E-state index is 9.41. The number of hydrogen-bond donors (Lipinski definition) is 2. The number of rotatable bonds is 5. The number of aliphatic hydroxyl groups excluding tert-OH is 1. The highest BCUT2D eigenvalue weighted by Gasteiger charge is 2.27.